The number of rotatable bonds is 5. The van der Waals surface area contributed by atoms with E-state index < -0.39 is 6.23 Å². The van der Waals surface area contributed by atoms with Crippen LogP contribution in [0.4, 0.5) is 0 Å². The van der Waals surface area contributed by atoms with Crippen molar-refractivity contribution in [3.8, 4) is 17.2 Å². The number of furan rings is 1. The van der Waals surface area contributed by atoms with Gasteiger partial charge in [-0.3, -0.25) is 4.79 Å². The average Bonchev–Trinajstić information content (AvgIpc) is 3.29. The molecule has 0 radical (unpaired) electrons. The Bertz CT molecular complexity index is 774. The molecule has 1 aromatic heterocycles. The fourth-order valence-corrected chi connectivity index (χ4v) is 2.51. The second-order valence-electron chi connectivity index (χ2n) is 5.17. The van der Waals surface area contributed by atoms with Crippen LogP contribution in [0.15, 0.2) is 40.0 Å². The Morgan fingerprint density at radius 2 is 1.84 bits per heavy atom. The highest BCUT2D eigenvalue weighted by molar-refractivity contribution is 5.97. The van der Waals surface area contributed by atoms with Gasteiger partial charge in [0.15, 0.2) is 17.3 Å². The van der Waals surface area contributed by atoms with E-state index in [-0.39, 0.29) is 11.8 Å². The predicted molar refractivity (Wildman–Crippen MR) is 87.7 cm³/mol. The average molecular weight is 346 g/mol. The summed E-state index contributed by atoms with van der Waals surface area (Å²) in [5.41, 5.74) is 0.579. The van der Waals surface area contributed by atoms with Crippen molar-refractivity contribution in [1.29, 1.82) is 0 Å². The molecular formula is C17H18N2O6. The maximum atomic E-state index is 11.9. The van der Waals surface area contributed by atoms with Gasteiger partial charge in [-0.15, -0.1) is 5.10 Å². The molecule has 1 aromatic carbocycles. The molecule has 1 atom stereocenters. The van der Waals surface area contributed by atoms with Crippen molar-refractivity contribution >= 4 is 11.8 Å². The molecule has 1 aliphatic heterocycles. The van der Waals surface area contributed by atoms with Gasteiger partial charge < -0.3 is 23.4 Å². The van der Waals surface area contributed by atoms with E-state index in [0.29, 0.717) is 28.6 Å². The Kier molecular flexibility index (Phi) is 4.51. The minimum absolute atomic E-state index is 0.246. The Morgan fingerprint density at radius 3 is 2.32 bits per heavy atom. The van der Waals surface area contributed by atoms with Gasteiger partial charge in [-0.2, -0.15) is 5.01 Å². The fourth-order valence-electron chi connectivity index (χ4n) is 2.51. The fraction of sp³-hybridized carbons (Fsp3) is 0.294. The highest BCUT2D eigenvalue weighted by atomic mass is 16.5. The van der Waals surface area contributed by atoms with Crippen molar-refractivity contribution in [2.75, 3.05) is 21.3 Å². The largest absolute Gasteiger partial charge is 0.493 e. The van der Waals surface area contributed by atoms with Crippen molar-refractivity contribution in [2.45, 2.75) is 13.2 Å². The lowest BCUT2D eigenvalue weighted by molar-refractivity contribution is -0.136. The van der Waals surface area contributed by atoms with Crippen LogP contribution in [0.3, 0.4) is 0 Å². The zero-order chi connectivity index (χ0) is 18.0. The number of hydrazone groups is 1. The second kappa shape index (κ2) is 6.76. The van der Waals surface area contributed by atoms with E-state index in [9.17, 15) is 4.79 Å². The molecule has 0 unspecified atom stereocenters. The third-order valence-electron chi connectivity index (χ3n) is 3.66. The Hall–Kier alpha value is -3.16. The maximum absolute atomic E-state index is 11.9. The highest BCUT2D eigenvalue weighted by Crippen LogP contribution is 2.40. The van der Waals surface area contributed by atoms with Gasteiger partial charge in [0.25, 0.3) is 6.23 Å². The summed E-state index contributed by atoms with van der Waals surface area (Å²) in [6, 6.07) is 6.83. The summed E-state index contributed by atoms with van der Waals surface area (Å²) in [6.45, 7) is 1.40. The molecule has 8 nitrogen and oxygen atoms in total. The number of nitrogens with zero attached hydrogens (tertiary/aromatic N) is 2. The Balaban J connectivity index is 2.01. The molecule has 2 aromatic rings. The lowest BCUT2D eigenvalue weighted by Gasteiger charge is -2.16. The molecule has 0 aliphatic carbocycles. The van der Waals surface area contributed by atoms with Crippen LogP contribution in [0.1, 0.15) is 24.5 Å². The van der Waals surface area contributed by atoms with E-state index in [1.165, 1.54) is 39.5 Å². The van der Waals surface area contributed by atoms with E-state index >= 15 is 0 Å². The number of amides is 1. The van der Waals surface area contributed by atoms with Gasteiger partial charge in [0.1, 0.15) is 0 Å². The molecule has 0 N–H and O–H groups in total. The van der Waals surface area contributed by atoms with Gasteiger partial charge in [-0.05, 0) is 24.3 Å². The molecule has 0 spiro atoms. The van der Waals surface area contributed by atoms with Crippen molar-refractivity contribution in [1.82, 2.24) is 5.01 Å². The first-order chi connectivity index (χ1) is 12.1. The van der Waals surface area contributed by atoms with Crippen molar-refractivity contribution in [3.05, 3.63) is 41.9 Å². The standard InChI is InChI=1S/C17H18N2O6/c1-10(20)19-17(12-6-5-7-24-12)25-16(18-19)11-8-13(21-2)15(23-4)14(9-11)22-3/h5-9,17H,1-4H3/t17-/m0/s1. The molecular weight excluding hydrogens is 328 g/mol. The quantitative estimate of drug-likeness (QED) is 0.827. The summed E-state index contributed by atoms with van der Waals surface area (Å²) < 4.78 is 27.2. The lowest BCUT2D eigenvalue weighted by Crippen LogP contribution is -2.24. The monoisotopic (exact) mass is 346 g/mol. The maximum Gasteiger partial charge on any atom is 0.254 e. The number of carbonyl (C=O) groups is 1. The molecule has 0 bridgehead atoms. The topological polar surface area (TPSA) is 82.7 Å². The summed E-state index contributed by atoms with van der Waals surface area (Å²) in [5, 5.41) is 5.49. The molecule has 25 heavy (non-hydrogen) atoms. The molecule has 0 fully saturated rings. The molecule has 0 saturated heterocycles. The van der Waals surface area contributed by atoms with Crippen LogP contribution < -0.4 is 14.2 Å². The summed E-state index contributed by atoms with van der Waals surface area (Å²) in [4.78, 5) is 11.9. The molecule has 1 aliphatic rings. The van der Waals surface area contributed by atoms with Crippen LogP contribution in [0.5, 0.6) is 17.2 Å². The van der Waals surface area contributed by atoms with Crippen LogP contribution in [-0.2, 0) is 9.53 Å². The number of carbonyl (C=O) groups excluding carboxylic acids is 1. The van der Waals surface area contributed by atoms with Gasteiger partial charge in [-0.25, -0.2) is 0 Å². The minimum atomic E-state index is -0.762. The van der Waals surface area contributed by atoms with Crippen LogP contribution in [-0.4, -0.2) is 38.1 Å². The van der Waals surface area contributed by atoms with Crippen molar-refractivity contribution in [3.63, 3.8) is 0 Å². The highest BCUT2D eigenvalue weighted by Gasteiger charge is 2.35. The summed E-state index contributed by atoms with van der Waals surface area (Å²) >= 11 is 0. The minimum Gasteiger partial charge on any atom is -0.493 e. The van der Waals surface area contributed by atoms with E-state index in [1.807, 2.05) is 0 Å². The second-order valence-corrected chi connectivity index (χ2v) is 5.17. The smallest absolute Gasteiger partial charge is 0.254 e. The Morgan fingerprint density at radius 1 is 1.16 bits per heavy atom. The summed E-state index contributed by atoms with van der Waals surface area (Å²) in [7, 11) is 4.56. The van der Waals surface area contributed by atoms with Gasteiger partial charge in [0.2, 0.25) is 17.6 Å². The van der Waals surface area contributed by atoms with Gasteiger partial charge >= 0.3 is 0 Å². The van der Waals surface area contributed by atoms with E-state index in [1.54, 1.807) is 24.3 Å². The van der Waals surface area contributed by atoms with Crippen LogP contribution >= 0.6 is 0 Å². The van der Waals surface area contributed by atoms with Crippen molar-refractivity contribution < 1.29 is 28.2 Å². The zero-order valence-corrected chi connectivity index (χ0v) is 14.3. The Labute approximate surface area is 144 Å². The first-order valence-electron chi connectivity index (χ1n) is 7.48. The molecule has 132 valence electrons. The zero-order valence-electron chi connectivity index (χ0n) is 14.3. The van der Waals surface area contributed by atoms with Gasteiger partial charge in [0.05, 0.1) is 27.6 Å². The van der Waals surface area contributed by atoms with Gasteiger partial charge in [0, 0.05) is 12.5 Å². The van der Waals surface area contributed by atoms with Crippen LogP contribution in [0.25, 0.3) is 0 Å². The third-order valence-corrected chi connectivity index (χ3v) is 3.66. The first-order valence-corrected chi connectivity index (χ1v) is 7.48. The van der Waals surface area contributed by atoms with Gasteiger partial charge in [-0.1, -0.05) is 0 Å². The predicted octanol–water partition coefficient (Wildman–Crippen LogP) is 2.54. The van der Waals surface area contributed by atoms with E-state index in [4.69, 9.17) is 23.4 Å². The van der Waals surface area contributed by atoms with E-state index in [2.05, 4.69) is 5.10 Å². The number of hydrogen-bond donors (Lipinski definition) is 0. The van der Waals surface area contributed by atoms with Crippen LogP contribution in [0.2, 0.25) is 0 Å². The lowest BCUT2D eigenvalue weighted by atomic mass is 10.1. The number of benzene rings is 1. The molecule has 3 rings (SSSR count). The van der Waals surface area contributed by atoms with Crippen molar-refractivity contribution in [2.24, 2.45) is 5.10 Å². The summed E-state index contributed by atoms with van der Waals surface area (Å²) in [5.74, 6) is 1.82. The SMILES string of the molecule is COc1cc(C2=NN(C(C)=O)[C@H](c3ccco3)O2)cc(OC)c1OC. The number of hydrogen-bond acceptors (Lipinski definition) is 7. The normalized spacial score (nSPS) is 16.2. The molecule has 0 saturated carbocycles. The molecule has 1 amide bonds. The van der Waals surface area contributed by atoms with E-state index in [0.717, 1.165) is 0 Å². The molecule has 2 heterocycles. The molecule has 8 heteroatoms. The number of methoxy groups -OCH3 is 3. The third kappa shape index (κ3) is 2.98. The first kappa shape index (κ1) is 16.7. The van der Waals surface area contributed by atoms with Crippen LogP contribution in [0, 0.1) is 0 Å². The summed E-state index contributed by atoms with van der Waals surface area (Å²) in [6.07, 6.45) is 0.746. The number of ether oxygens (including phenoxy) is 4.